The van der Waals surface area contributed by atoms with Gasteiger partial charge in [0.15, 0.2) is 5.82 Å². The van der Waals surface area contributed by atoms with Crippen LogP contribution in [0.4, 0.5) is 5.69 Å². The summed E-state index contributed by atoms with van der Waals surface area (Å²) in [6, 6.07) is 10.0. The lowest BCUT2D eigenvalue weighted by molar-refractivity contribution is -0.113. The molecule has 6 nitrogen and oxygen atoms in total. The lowest BCUT2D eigenvalue weighted by Crippen LogP contribution is -2.14. The fourth-order valence-corrected chi connectivity index (χ4v) is 3.55. The number of benzene rings is 2. The number of anilines is 1. The molecule has 0 bridgehead atoms. The van der Waals surface area contributed by atoms with E-state index < -0.39 is 0 Å². The smallest absolute Gasteiger partial charge is 0.234 e. The highest BCUT2D eigenvalue weighted by Crippen LogP contribution is 2.31. The summed E-state index contributed by atoms with van der Waals surface area (Å²) >= 11 is 19.1. The Hall–Kier alpha value is -1.93. The molecular weight excluding hydrogens is 431 g/mol. The van der Waals surface area contributed by atoms with Crippen molar-refractivity contribution >= 4 is 58.2 Å². The Kier molecular flexibility index (Phi) is 6.49. The lowest BCUT2D eigenvalue weighted by Gasteiger charge is -2.06. The molecule has 0 aliphatic rings. The number of aromatic nitrogens is 3. The number of H-pyrrole nitrogens is 1. The monoisotopic (exact) mass is 442 g/mol. The maximum Gasteiger partial charge on any atom is 0.234 e. The van der Waals surface area contributed by atoms with Gasteiger partial charge in [0.05, 0.1) is 18.4 Å². The Morgan fingerprint density at radius 1 is 1.15 bits per heavy atom. The lowest BCUT2D eigenvalue weighted by atomic mass is 10.2. The van der Waals surface area contributed by atoms with Crippen molar-refractivity contribution in [3.8, 4) is 17.1 Å². The van der Waals surface area contributed by atoms with Gasteiger partial charge >= 0.3 is 0 Å². The van der Waals surface area contributed by atoms with Gasteiger partial charge in [0, 0.05) is 20.8 Å². The van der Waals surface area contributed by atoms with E-state index in [0.717, 1.165) is 0 Å². The number of hydrogen-bond donors (Lipinski definition) is 2. The Balaban J connectivity index is 1.64. The first-order chi connectivity index (χ1) is 12.9. The first-order valence-electron chi connectivity index (χ1n) is 7.59. The molecule has 140 valence electrons. The highest BCUT2D eigenvalue weighted by Gasteiger charge is 2.13. The van der Waals surface area contributed by atoms with Crippen LogP contribution in [0.25, 0.3) is 11.4 Å². The molecule has 0 spiro atoms. The van der Waals surface area contributed by atoms with E-state index in [2.05, 4.69) is 20.5 Å². The highest BCUT2D eigenvalue weighted by molar-refractivity contribution is 7.99. The predicted octanol–water partition coefficient (Wildman–Crippen LogP) is 5.17. The Bertz CT molecular complexity index is 960. The molecule has 0 aliphatic carbocycles. The fourth-order valence-electron chi connectivity index (χ4n) is 2.25. The molecule has 0 unspecified atom stereocenters. The number of hydrogen-bond acceptors (Lipinski definition) is 5. The van der Waals surface area contributed by atoms with E-state index in [9.17, 15) is 4.79 Å². The molecule has 0 radical (unpaired) electrons. The summed E-state index contributed by atoms with van der Waals surface area (Å²) in [6.07, 6.45) is 0. The average Bonchev–Trinajstić information content (AvgIpc) is 3.08. The van der Waals surface area contributed by atoms with Crippen molar-refractivity contribution in [3.05, 3.63) is 51.5 Å². The maximum absolute atomic E-state index is 12.1. The minimum absolute atomic E-state index is 0.119. The van der Waals surface area contributed by atoms with Crippen LogP contribution in [0.5, 0.6) is 5.75 Å². The summed E-state index contributed by atoms with van der Waals surface area (Å²) in [4.78, 5) is 16.5. The average molecular weight is 444 g/mol. The SMILES string of the molecule is COc1ccc(Cl)cc1-c1nc(SCC(=O)Nc2cc(Cl)cc(Cl)c2)n[nH]1. The van der Waals surface area contributed by atoms with Crippen molar-refractivity contribution in [1.29, 1.82) is 0 Å². The molecule has 2 N–H and O–H groups in total. The van der Waals surface area contributed by atoms with E-state index in [1.54, 1.807) is 43.5 Å². The molecule has 10 heteroatoms. The van der Waals surface area contributed by atoms with Gasteiger partial charge in [-0.3, -0.25) is 9.89 Å². The number of ether oxygens (including phenoxy) is 1. The van der Waals surface area contributed by atoms with Crippen LogP contribution in [0, 0.1) is 0 Å². The zero-order valence-electron chi connectivity index (χ0n) is 13.9. The summed E-state index contributed by atoms with van der Waals surface area (Å²) in [5, 5.41) is 11.5. The van der Waals surface area contributed by atoms with Crippen molar-refractivity contribution in [2.24, 2.45) is 0 Å². The number of halogens is 3. The van der Waals surface area contributed by atoms with E-state index in [1.807, 2.05) is 0 Å². The van der Waals surface area contributed by atoms with Gasteiger partial charge in [0.2, 0.25) is 11.1 Å². The summed E-state index contributed by atoms with van der Waals surface area (Å²) in [7, 11) is 1.56. The molecular formula is C17H13Cl3N4O2S. The molecule has 0 saturated carbocycles. The van der Waals surface area contributed by atoms with Gasteiger partial charge in [-0.2, -0.15) is 0 Å². The number of rotatable bonds is 6. The van der Waals surface area contributed by atoms with Crippen molar-refractivity contribution in [3.63, 3.8) is 0 Å². The Morgan fingerprint density at radius 3 is 2.59 bits per heavy atom. The molecule has 3 rings (SSSR count). The summed E-state index contributed by atoms with van der Waals surface area (Å²) in [5.41, 5.74) is 1.21. The standard InChI is InChI=1S/C17H13Cl3N4O2S/c1-26-14-3-2-9(18)7-13(14)16-22-17(24-23-16)27-8-15(25)21-12-5-10(19)4-11(20)6-12/h2-7H,8H2,1H3,(H,21,25)(H,22,23,24). The van der Waals surface area contributed by atoms with E-state index in [4.69, 9.17) is 39.5 Å². The number of carbonyl (C=O) groups is 1. The molecule has 27 heavy (non-hydrogen) atoms. The first kappa shape index (κ1) is 19.8. The third-order valence-electron chi connectivity index (χ3n) is 3.36. The van der Waals surface area contributed by atoms with E-state index in [0.29, 0.717) is 43.0 Å². The first-order valence-corrected chi connectivity index (χ1v) is 9.71. The van der Waals surface area contributed by atoms with Crippen molar-refractivity contribution in [2.45, 2.75) is 5.16 Å². The minimum Gasteiger partial charge on any atom is -0.496 e. The molecule has 2 aromatic carbocycles. The zero-order valence-corrected chi connectivity index (χ0v) is 17.0. The molecule has 1 amide bonds. The second-order valence-electron chi connectivity index (χ2n) is 5.31. The third kappa shape index (κ3) is 5.29. The van der Waals surface area contributed by atoms with Crippen LogP contribution < -0.4 is 10.1 Å². The maximum atomic E-state index is 12.1. The summed E-state index contributed by atoms with van der Waals surface area (Å²) < 4.78 is 5.31. The molecule has 1 aromatic heterocycles. The van der Waals surface area contributed by atoms with E-state index >= 15 is 0 Å². The third-order valence-corrected chi connectivity index (χ3v) is 4.88. The number of carbonyl (C=O) groups excluding carboxylic acids is 1. The number of nitrogens with one attached hydrogen (secondary N) is 2. The summed E-state index contributed by atoms with van der Waals surface area (Å²) in [5.74, 6) is 1.00. The van der Waals surface area contributed by atoms with Gasteiger partial charge < -0.3 is 10.1 Å². The van der Waals surface area contributed by atoms with Gasteiger partial charge in [0.25, 0.3) is 0 Å². The van der Waals surface area contributed by atoms with Crippen molar-refractivity contribution in [2.75, 3.05) is 18.2 Å². The van der Waals surface area contributed by atoms with Crippen LogP contribution in [0.1, 0.15) is 0 Å². The quantitative estimate of drug-likeness (QED) is 0.514. The number of amides is 1. The van der Waals surface area contributed by atoms with Crippen molar-refractivity contribution in [1.82, 2.24) is 15.2 Å². The summed E-state index contributed by atoms with van der Waals surface area (Å²) in [6.45, 7) is 0. The van der Waals surface area contributed by atoms with E-state index in [1.165, 1.54) is 11.8 Å². The van der Waals surface area contributed by atoms with Gasteiger partial charge in [-0.25, -0.2) is 4.98 Å². The Labute approximate surface area is 174 Å². The predicted molar refractivity (Wildman–Crippen MR) is 109 cm³/mol. The molecule has 0 atom stereocenters. The minimum atomic E-state index is -0.231. The topological polar surface area (TPSA) is 79.9 Å². The van der Waals surface area contributed by atoms with Gasteiger partial charge in [-0.05, 0) is 36.4 Å². The highest BCUT2D eigenvalue weighted by atomic mass is 35.5. The van der Waals surface area contributed by atoms with Crippen LogP contribution in [0.3, 0.4) is 0 Å². The number of nitrogens with zero attached hydrogens (tertiary/aromatic N) is 2. The van der Waals surface area contributed by atoms with Crippen LogP contribution in [-0.2, 0) is 4.79 Å². The number of methoxy groups -OCH3 is 1. The molecule has 1 heterocycles. The molecule has 0 fully saturated rings. The van der Waals surface area contributed by atoms with Crippen LogP contribution >= 0.6 is 46.6 Å². The largest absolute Gasteiger partial charge is 0.496 e. The van der Waals surface area contributed by atoms with E-state index in [-0.39, 0.29) is 11.7 Å². The molecule has 0 aliphatic heterocycles. The number of thioether (sulfide) groups is 1. The molecule has 0 saturated heterocycles. The number of aromatic amines is 1. The van der Waals surface area contributed by atoms with Gasteiger partial charge in [-0.15, -0.1) is 5.10 Å². The fraction of sp³-hybridized carbons (Fsp3) is 0.118. The van der Waals surface area contributed by atoms with Crippen LogP contribution in [-0.4, -0.2) is 34.0 Å². The van der Waals surface area contributed by atoms with Gasteiger partial charge in [0.1, 0.15) is 5.75 Å². The van der Waals surface area contributed by atoms with Crippen LogP contribution in [0.2, 0.25) is 15.1 Å². The zero-order chi connectivity index (χ0) is 19.4. The second-order valence-corrected chi connectivity index (χ2v) is 7.56. The molecule has 3 aromatic rings. The van der Waals surface area contributed by atoms with Crippen LogP contribution in [0.15, 0.2) is 41.6 Å². The van der Waals surface area contributed by atoms with Crippen molar-refractivity contribution < 1.29 is 9.53 Å². The van der Waals surface area contributed by atoms with Gasteiger partial charge in [-0.1, -0.05) is 46.6 Å². The normalized spacial score (nSPS) is 10.7. The Morgan fingerprint density at radius 2 is 1.89 bits per heavy atom. The second kappa shape index (κ2) is 8.84.